The number of rotatable bonds is 4. The molecule has 0 saturated heterocycles. The van der Waals surface area contributed by atoms with E-state index >= 15 is 0 Å². The van der Waals surface area contributed by atoms with E-state index in [-0.39, 0.29) is 5.91 Å². The van der Waals surface area contributed by atoms with Gasteiger partial charge in [-0.05, 0) is 42.3 Å². The van der Waals surface area contributed by atoms with Crippen molar-refractivity contribution in [2.24, 2.45) is 0 Å². The van der Waals surface area contributed by atoms with Crippen LogP contribution in [-0.4, -0.2) is 27.1 Å². The Morgan fingerprint density at radius 1 is 1.04 bits per heavy atom. The van der Waals surface area contributed by atoms with Gasteiger partial charge >= 0.3 is 5.97 Å². The van der Waals surface area contributed by atoms with Crippen molar-refractivity contribution in [3.05, 3.63) is 71.3 Å². The Kier molecular flexibility index (Phi) is 6.97. The molecular formula is C23H25NO3Si. The molecule has 1 amide bonds. The summed E-state index contributed by atoms with van der Waals surface area (Å²) in [5.41, 5.74) is 6.79. The number of allylic oxidation sites excluding steroid dienone is 1. The van der Waals surface area contributed by atoms with Crippen LogP contribution in [-0.2, 0) is 9.53 Å². The third-order valence-corrected chi connectivity index (χ3v) is 4.73. The number of benzene rings is 2. The minimum atomic E-state index is -1.41. The monoisotopic (exact) mass is 391 g/mol. The number of anilines is 1. The number of hydrogen-bond donors (Lipinski definition) is 1. The fourth-order valence-electron chi connectivity index (χ4n) is 2.40. The van der Waals surface area contributed by atoms with Crippen molar-refractivity contribution in [3.63, 3.8) is 0 Å². The van der Waals surface area contributed by atoms with Crippen molar-refractivity contribution in [2.75, 3.05) is 12.4 Å². The molecule has 0 aromatic heterocycles. The average molecular weight is 392 g/mol. The van der Waals surface area contributed by atoms with Crippen molar-refractivity contribution in [2.45, 2.75) is 26.6 Å². The largest absolute Gasteiger partial charge is 0.465 e. The summed E-state index contributed by atoms with van der Waals surface area (Å²) in [4.78, 5) is 24.2. The SMILES string of the molecule is COC(=O)c1ccccc1NC(=O)C=C(C)c1ccc(C#C[Si](C)(C)C)cc1. The number of carbonyl (C=O) groups is 2. The van der Waals surface area contributed by atoms with Crippen LogP contribution in [0.3, 0.4) is 0 Å². The molecule has 0 aliphatic rings. The van der Waals surface area contributed by atoms with Crippen LogP contribution in [0.4, 0.5) is 5.69 Å². The van der Waals surface area contributed by atoms with Crippen molar-refractivity contribution in [3.8, 4) is 11.5 Å². The van der Waals surface area contributed by atoms with Crippen LogP contribution in [0.25, 0.3) is 5.57 Å². The minimum Gasteiger partial charge on any atom is -0.465 e. The second-order valence-corrected chi connectivity index (χ2v) is 12.2. The van der Waals surface area contributed by atoms with Gasteiger partial charge in [0.2, 0.25) is 5.91 Å². The highest BCUT2D eigenvalue weighted by molar-refractivity contribution is 6.83. The number of nitrogens with one attached hydrogen (secondary N) is 1. The molecule has 5 heteroatoms. The van der Waals surface area contributed by atoms with Crippen molar-refractivity contribution < 1.29 is 14.3 Å². The summed E-state index contributed by atoms with van der Waals surface area (Å²) < 4.78 is 4.75. The van der Waals surface area contributed by atoms with Crippen molar-refractivity contribution in [1.29, 1.82) is 0 Å². The molecule has 0 atom stereocenters. The van der Waals surface area contributed by atoms with Crippen LogP contribution in [0, 0.1) is 11.5 Å². The van der Waals surface area contributed by atoms with Crippen LogP contribution in [0.5, 0.6) is 0 Å². The topological polar surface area (TPSA) is 55.4 Å². The third kappa shape index (κ3) is 6.25. The molecule has 0 aliphatic carbocycles. The van der Waals surface area contributed by atoms with Crippen LogP contribution >= 0.6 is 0 Å². The van der Waals surface area contributed by atoms with Gasteiger partial charge < -0.3 is 10.1 Å². The van der Waals surface area contributed by atoms with E-state index in [1.807, 2.05) is 31.2 Å². The first kappa shape index (κ1) is 21.2. The molecule has 28 heavy (non-hydrogen) atoms. The fraction of sp³-hybridized carbons (Fsp3) is 0.217. The molecule has 1 N–H and O–H groups in total. The van der Waals surface area contributed by atoms with E-state index in [1.54, 1.807) is 24.3 Å². The molecule has 0 heterocycles. The summed E-state index contributed by atoms with van der Waals surface area (Å²) in [6.45, 7) is 8.49. The summed E-state index contributed by atoms with van der Waals surface area (Å²) in [5.74, 6) is 2.41. The standard InChI is InChI=1S/C23H25NO3Si/c1-17(19-12-10-18(11-13-19)14-15-28(3,4)5)16-22(25)24-21-9-7-6-8-20(21)23(26)27-2/h6-13,16H,1-5H3,(H,24,25). The summed E-state index contributed by atoms with van der Waals surface area (Å²) in [7, 11) is -0.100. The van der Waals surface area contributed by atoms with Crippen LogP contribution in [0.2, 0.25) is 19.6 Å². The van der Waals surface area contributed by atoms with E-state index in [9.17, 15) is 9.59 Å². The number of methoxy groups -OCH3 is 1. The number of carbonyl (C=O) groups excluding carboxylic acids is 2. The van der Waals surface area contributed by atoms with E-state index < -0.39 is 14.0 Å². The average Bonchev–Trinajstić information content (AvgIpc) is 2.66. The van der Waals surface area contributed by atoms with Gasteiger partial charge in [-0.3, -0.25) is 4.79 Å². The Bertz CT molecular complexity index is 958. The predicted molar refractivity (Wildman–Crippen MR) is 117 cm³/mol. The highest BCUT2D eigenvalue weighted by Crippen LogP contribution is 2.18. The number of hydrogen-bond acceptors (Lipinski definition) is 3. The lowest BCUT2D eigenvalue weighted by Gasteiger charge is -2.08. The molecule has 0 saturated carbocycles. The van der Waals surface area contributed by atoms with E-state index in [0.717, 1.165) is 16.7 Å². The lowest BCUT2D eigenvalue weighted by Crippen LogP contribution is -2.16. The van der Waals surface area contributed by atoms with Crippen LogP contribution in [0.1, 0.15) is 28.4 Å². The Morgan fingerprint density at radius 3 is 2.29 bits per heavy atom. The minimum absolute atomic E-state index is 0.309. The van der Waals surface area contributed by atoms with Crippen molar-refractivity contribution >= 4 is 31.2 Å². The van der Waals surface area contributed by atoms with Gasteiger partial charge in [-0.15, -0.1) is 5.54 Å². The Balaban J connectivity index is 2.14. The van der Waals surface area contributed by atoms with E-state index in [0.29, 0.717) is 11.3 Å². The zero-order valence-electron chi connectivity index (χ0n) is 16.9. The quantitative estimate of drug-likeness (QED) is 0.354. The molecule has 2 rings (SSSR count). The second-order valence-electron chi connectivity index (χ2n) is 7.43. The molecule has 0 unspecified atom stereocenters. The van der Waals surface area contributed by atoms with Gasteiger partial charge in [-0.1, -0.05) is 49.8 Å². The van der Waals surface area contributed by atoms with E-state index in [4.69, 9.17) is 4.74 Å². The first-order chi connectivity index (χ1) is 13.2. The summed E-state index contributed by atoms with van der Waals surface area (Å²) >= 11 is 0. The zero-order valence-corrected chi connectivity index (χ0v) is 17.9. The summed E-state index contributed by atoms with van der Waals surface area (Å²) in [6, 6.07) is 14.6. The van der Waals surface area contributed by atoms with Gasteiger partial charge in [0.25, 0.3) is 0 Å². The van der Waals surface area contributed by atoms with Crippen LogP contribution in [0.15, 0.2) is 54.6 Å². The maximum absolute atomic E-state index is 12.4. The molecule has 0 radical (unpaired) electrons. The molecular weight excluding hydrogens is 366 g/mol. The number of para-hydroxylation sites is 1. The fourth-order valence-corrected chi connectivity index (χ4v) is 2.92. The normalized spacial score (nSPS) is 11.2. The first-order valence-electron chi connectivity index (χ1n) is 9.00. The molecule has 2 aromatic rings. The van der Waals surface area contributed by atoms with E-state index in [1.165, 1.54) is 13.2 Å². The van der Waals surface area contributed by atoms with Gasteiger partial charge in [0.1, 0.15) is 8.07 Å². The van der Waals surface area contributed by atoms with Gasteiger partial charge in [0.15, 0.2) is 0 Å². The Labute approximate surface area is 167 Å². The van der Waals surface area contributed by atoms with Gasteiger partial charge in [-0.25, -0.2) is 4.79 Å². The third-order valence-electron chi connectivity index (χ3n) is 3.86. The lowest BCUT2D eigenvalue weighted by atomic mass is 10.1. The Morgan fingerprint density at radius 2 is 1.68 bits per heavy atom. The Hall–Kier alpha value is -3.10. The first-order valence-corrected chi connectivity index (χ1v) is 12.5. The number of esters is 1. The highest BCUT2D eigenvalue weighted by Gasteiger charge is 2.12. The highest BCUT2D eigenvalue weighted by atomic mass is 28.3. The molecule has 4 nitrogen and oxygen atoms in total. The number of ether oxygens (including phenoxy) is 1. The number of amides is 1. The van der Waals surface area contributed by atoms with Gasteiger partial charge in [0, 0.05) is 11.6 Å². The molecule has 0 spiro atoms. The zero-order chi connectivity index (χ0) is 20.7. The van der Waals surface area contributed by atoms with E-state index in [2.05, 4.69) is 36.4 Å². The van der Waals surface area contributed by atoms with Gasteiger partial charge in [0.05, 0.1) is 18.4 Å². The maximum atomic E-state index is 12.4. The van der Waals surface area contributed by atoms with Crippen molar-refractivity contribution in [1.82, 2.24) is 0 Å². The molecule has 144 valence electrons. The van der Waals surface area contributed by atoms with Crippen LogP contribution < -0.4 is 5.32 Å². The predicted octanol–water partition coefficient (Wildman–Crippen LogP) is 4.74. The second kappa shape index (κ2) is 9.20. The lowest BCUT2D eigenvalue weighted by molar-refractivity contribution is -0.111. The molecule has 0 bridgehead atoms. The molecule has 2 aromatic carbocycles. The summed E-state index contributed by atoms with van der Waals surface area (Å²) in [6.07, 6.45) is 1.51. The van der Waals surface area contributed by atoms with Gasteiger partial charge in [-0.2, -0.15) is 0 Å². The molecule has 0 aliphatic heterocycles. The summed E-state index contributed by atoms with van der Waals surface area (Å²) in [5, 5.41) is 2.74. The maximum Gasteiger partial charge on any atom is 0.339 e. The molecule has 0 fully saturated rings. The smallest absolute Gasteiger partial charge is 0.339 e.